The fourth-order valence-corrected chi connectivity index (χ4v) is 1.62. The van der Waals surface area contributed by atoms with Crippen molar-refractivity contribution in [2.75, 3.05) is 13.2 Å². The van der Waals surface area contributed by atoms with E-state index >= 15 is 0 Å². The smallest absolute Gasteiger partial charge is 0.282 e. The van der Waals surface area contributed by atoms with Crippen LogP contribution in [0, 0.1) is 13.8 Å². The minimum Gasteiger partial charge on any atom is -0.390 e. The largest absolute Gasteiger partial charge is 0.390 e. The van der Waals surface area contributed by atoms with E-state index in [9.17, 15) is 8.78 Å². The zero-order valence-corrected chi connectivity index (χ0v) is 9.56. The Morgan fingerprint density at radius 3 is 2.25 bits per heavy atom. The molecule has 4 heteroatoms. The number of aryl methyl sites for hydroxylation is 2. The Morgan fingerprint density at radius 2 is 1.75 bits per heavy atom. The Morgan fingerprint density at radius 1 is 1.19 bits per heavy atom. The monoisotopic (exact) mass is 229 g/mol. The Labute approximate surface area is 94.3 Å². The lowest BCUT2D eigenvalue weighted by molar-refractivity contribution is -0.0477. The fraction of sp³-hybridized carbons (Fsp3) is 0.500. The van der Waals surface area contributed by atoms with Crippen molar-refractivity contribution in [3.05, 3.63) is 34.9 Å². The lowest BCUT2D eigenvalue weighted by Gasteiger charge is -2.14. The first-order valence-corrected chi connectivity index (χ1v) is 5.19. The van der Waals surface area contributed by atoms with E-state index in [1.54, 1.807) is 0 Å². The van der Waals surface area contributed by atoms with Crippen LogP contribution in [0.5, 0.6) is 0 Å². The van der Waals surface area contributed by atoms with Crippen LogP contribution in [0.25, 0.3) is 0 Å². The Bertz CT molecular complexity index is 333. The number of aliphatic hydroxyl groups is 1. The Balaban J connectivity index is 2.49. The summed E-state index contributed by atoms with van der Waals surface area (Å²) < 4.78 is 25.4. The highest BCUT2D eigenvalue weighted by atomic mass is 19.3. The van der Waals surface area contributed by atoms with Gasteiger partial charge in [-0.2, -0.15) is 0 Å². The van der Waals surface area contributed by atoms with E-state index in [1.807, 2.05) is 32.0 Å². The molecule has 0 aliphatic carbocycles. The SMILES string of the molecule is Cc1cc(C)cc(CNCC(F)(F)CO)c1. The number of rotatable bonds is 5. The van der Waals surface area contributed by atoms with Crippen LogP contribution in [-0.4, -0.2) is 24.2 Å². The molecule has 2 nitrogen and oxygen atoms in total. The maximum atomic E-state index is 12.7. The number of halogens is 2. The molecular formula is C12H17F2NO. The molecule has 1 aromatic carbocycles. The molecule has 0 aliphatic rings. The molecule has 0 amide bonds. The van der Waals surface area contributed by atoms with Gasteiger partial charge in [-0.25, -0.2) is 8.78 Å². The van der Waals surface area contributed by atoms with Crippen molar-refractivity contribution in [2.24, 2.45) is 0 Å². The van der Waals surface area contributed by atoms with Crippen LogP contribution >= 0.6 is 0 Å². The van der Waals surface area contributed by atoms with Gasteiger partial charge in [0.1, 0.15) is 6.61 Å². The lowest BCUT2D eigenvalue weighted by Crippen LogP contribution is -2.35. The van der Waals surface area contributed by atoms with Crippen molar-refractivity contribution in [3.8, 4) is 0 Å². The van der Waals surface area contributed by atoms with E-state index in [0.717, 1.165) is 16.7 Å². The van der Waals surface area contributed by atoms with Gasteiger partial charge < -0.3 is 10.4 Å². The Hall–Kier alpha value is -1.00. The van der Waals surface area contributed by atoms with Crippen LogP contribution in [0.15, 0.2) is 18.2 Å². The van der Waals surface area contributed by atoms with Crippen LogP contribution < -0.4 is 5.32 Å². The summed E-state index contributed by atoms with van der Waals surface area (Å²) in [4.78, 5) is 0. The maximum Gasteiger partial charge on any atom is 0.282 e. The first kappa shape index (κ1) is 13.1. The zero-order valence-electron chi connectivity index (χ0n) is 9.56. The van der Waals surface area contributed by atoms with E-state index in [0.29, 0.717) is 6.54 Å². The molecule has 2 N–H and O–H groups in total. The normalized spacial score (nSPS) is 11.8. The van der Waals surface area contributed by atoms with Crippen LogP contribution in [0.3, 0.4) is 0 Å². The van der Waals surface area contributed by atoms with Gasteiger partial charge in [-0.3, -0.25) is 0 Å². The molecule has 0 atom stereocenters. The topological polar surface area (TPSA) is 32.3 Å². The zero-order chi connectivity index (χ0) is 12.2. The predicted octanol–water partition coefficient (Wildman–Crippen LogP) is 2.02. The van der Waals surface area contributed by atoms with E-state index in [4.69, 9.17) is 5.11 Å². The third kappa shape index (κ3) is 4.24. The predicted molar refractivity (Wildman–Crippen MR) is 59.7 cm³/mol. The lowest BCUT2D eigenvalue weighted by atomic mass is 10.1. The molecule has 1 rings (SSSR count). The summed E-state index contributed by atoms with van der Waals surface area (Å²) in [7, 11) is 0. The molecule has 90 valence electrons. The average molecular weight is 229 g/mol. The van der Waals surface area contributed by atoms with Gasteiger partial charge in [-0.15, -0.1) is 0 Å². The minimum absolute atomic E-state index is 0.387. The summed E-state index contributed by atoms with van der Waals surface area (Å²) in [6, 6.07) is 5.94. The molecule has 0 bridgehead atoms. The summed E-state index contributed by atoms with van der Waals surface area (Å²) >= 11 is 0. The van der Waals surface area contributed by atoms with Crippen molar-refractivity contribution in [1.82, 2.24) is 5.32 Å². The summed E-state index contributed by atoms with van der Waals surface area (Å²) in [5, 5.41) is 11.0. The van der Waals surface area contributed by atoms with Gasteiger partial charge in [0, 0.05) is 6.54 Å². The van der Waals surface area contributed by atoms with Gasteiger partial charge in [0.25, 0.3) is 5.92 Å². The van der Waals surface area contributed by atoms with Crippen LogP contribution in [0.1, 0.15) is 16.7 Å². The van der Waals surface area contributed by atoms with Crippen LogP contribution in [-0.2, 0) is 6.54 Å². The molecule has 0 heterocycles. The van der Waals surface area contributed by atoms with E-state index in [1.165, 1.54) is 0 Å². The van der Waals surface area contributed by atoms with E-state index in [2.05, 4.69) is 5.32 Å². The van der Waals surface area contributed by atoms with E-state index in [-0.39, 0.29) is 0 Å². The molecule has 0 saturated heterocycles. The second-order valence-corrected chi connectivity index (χ2v) is 4.11. The maximum absolute atomic E-state index is 12.7. The first-order chi connectivity index (χ1) is 7.43. The number of aliphatic hydroxyl groups excluding tert-OH is 1. The molecule has 0 spiro atoms. The second kappa shape index (κ2) is 5.37. The summed E-state index contributed by atoms with van der Waals surface area (Å²) in [5.41, 5.74) is 3.21. The molecule has 1 aromatic rings. The van der Waals surface area contributed by atoms with Crippen molar-refractivity contribution < 1.29 is 13.9 Å². The van der Waals surface area contributed by atoms with Gasteiger partial charge >= 0.3 is 0 Å². The van der Waals surface area contributed by atoms with Gasteiger partial charge in [0.2, 0.25) is 0 Å². The quantitative estimate of drug-likeness (QED) is 0.809. The van der Waals surface area contributed by atoms with Crippen molar-refractivity contribution in [1.29, 1.82) is 0 Å². The van der Waals surface area contributed by atoms with Gasteiger partial charge in [0.15, 0.2) is 0 Å². The van der Waals surface area contributed by atoms with Gasteiger partial charge in [-0.05, 0) is 19.4 Å². The van der Waals surface area contributed by atoms with Crippen molar-refractivity contribution >= 4 is 0 Å². The van der Waals surface area contributed by atoms with E-state index < -0.39 is 19.1 Å². The van der Waals surface area contributed by atoms with Crippen molar-refractivity contribution in [2.45, 2.75) is 26.3 Å². The van der Waals surface area contributed by atoms with Crippen molar-refractivity contribution in [3.63, 3.8) is 0 Å². The third-order valence-electron chi connectivity index (χ3n) is 2.23. The molecule has 16 heavy (non-hydrogen) atoms. The number of hydrogen-bond acceptors (Lipinski definition) is 2. The molecular weight excluding hydrogens is 212 g/mol. The standard InChI is InChI=1S/C12H17F2NO/c1-9-3-10(2)5-11(4-9)6-15-7-12(13,14)8-16/h3-5,15-16H,6-8H2,1-2H3. The van der Waals surface area contributed by atoms with Gasteiger partial charge in [-0.1, -0.05) is 29.3 Å². The van der Waals surface area contributed by atoms with Crippen LogP contribution in [0.2, 0.25) is 0 Å². The molecule has 0 aliphatic heterocycles. The molecule has 0 fully saturated rings. The minimum atomic E-state index is -3.04. The van der Waals surface area contributed by atoms with Gasteiger partial charge in [0.05, 0.1) is 6.54 Å². The number of alkyl halides is 2. The summed E-state index contributed by atoms with van der Waals surface area (Å²) in [6.45, 7) is 2.71. The highest BCUT2D eigenvalue weighted by molar-refractivity contribution is 5.28. The molecule has 0 aromatic heterocycles. The molecule has 0 radical (unpaired) electrons. The number of benzene rings is 1. The summed E-state index contributed by atoms with van der Waals surface area (Å²) in [5.74, 6) is -3.04. The van der Waals surface area contributed by atoms with Crippen LogP contribution in [0.4, 0.5) is 8.78 Å². The highest BCUT2D eigenvalue weighted by Crippen LogP contribution is 2.11. The average Bonchev–Trinajstić information content (AvgIpc) is 2.16. The Kier molecular flexibility index (Phi) is 4.38. The molecule has 0 saturated carbocycles. The molecule has 0 unspecified atom stereocenters. The second-order valence-electron chi connectivity index (χ2n) is 4.11. The fourth-order valence-electron chi connectivity index (χ4n) is 1.62. The highest BCUT2D eigenvalue weighted by Gasteiger charge is 2.26. The number of hydrogen-bond donors (Lipinski definition) is 2. The number of nitrogens with one attached hydrogen (secondary N) is 1. The third-order valence-corrected chi connectivity index (χ3v) is 2.23. The first-order valence-electron chi connectivity index (χ1n) is 5.19. The summed E-state index contributed by atoms with van der Waals surface area (Å²) in [6.07, 6.45) is 0.